The van der Waals surface area contributed by atoms with Crippen LogP contribution < -0.4 is 11.1 Å². The number of carbonyl (C=O) groups excluding carboxylic acids is 1. The maximum absolute atomic E-state index is 12.2. The Morgan fingerprint density at radius 3 is 2.65 bits per heavy atom. The van der Waals surface area contributed by atoms with Gasteiger partial charge in [-0.2, -0.15) is 0 Å². The number of nitrogens with one attached hydrogen (secondary N) is 1. The summed E-state index contributed by atoms with van der Waals surface area (Å²) in [4.78, 5) is 14.6. The van der Waals surface area contributed by atoms with Gasteiger partial charge in [-0.15, -0.1) is 11.3 Å². The van der Waals surface area contributed by atoms with E-state index < -0.39 is 0 Å². The van der Waals surface area contributed by atoms with E-state index in [0.29, 0.717) is 11.3 Å². The average molecular weight is 290 g/mol. The normalized spacial score (nSPS) is 12.2. The molecule has 0 spiro atoms. The molecule has 2 rings (SSSR count). The van der Waals surface area contributed by atoms with Crippen molar-refractivity contribution >= 4 is 22.9 Å². The van der Waals surface area contributed by atoms with E-state index in [9.17, 15) is 9.90 Å². The monoisotopic (exact) mass is 290 g/mol. The first kappa shape index (κ1) is 14.4. The van der Waals surface area contributed by atoms with Crippen LogP contribution in [0.4, 0.5) is 5.69 Å². The number of phenolic OH excluding ortho intramolecular Hbond substituents is 1. The molecule has 0 aliphatic rings. The maximum Gasteiger partial charge on any atom is 0.253 e. The first-order chi connectivity index (χ1) is 9.38. The first-order valence-electron chi connectivity index (χ1n) is 6.34. The molecule has 0 bridgehead atoms. The molecule has 0 fully saturated rings. The second-order valence-electron chi connectivity index (χ2n) is 4.84. The van der Waals surface area contributed by atoms with Crippen molar-refractivity contribution in [3.8, 4) is 5.75 Å². The molecule has 2 aromatic rings. The Kier molecular flexibility index (Phi) is 3.99. The third-order valence-electron chi connectivity index (χ3n) is 3.17. The molecule has 1 unspecified atom stereocenters. The standard InChI is InChI=1S/C15H18N2O2S/c1-8-6-12(10(3)20-8)9(2)17-15(19)13-7-11(18)4-5-14(13)16/h4-7,9,18H,16H2,1-3H3,(H,17,19). The number of rotatable bonds is 3. The van der Waals surface area contributed by atoms with Gasteiger partial charge in [0.15, 0.2) is 0 Å². The fourth-order valence-corrected chi connectivity index (χ4v) is 3.20. The molecule has 0 aliphatic carbocycles. The molecule has 4 N–H and O–H groups in total. The summed E-state index contributed by atoms with van der Waals surface area (Å²) in [5.41, 5.74) is 7.53. The number of anilines is 1. The van der Waals surface area contributed by atoms with E-state index in [1.54, 1.807) is 11.3 Å². The van der Waals surface area contributed by atoms with Gasteiger partial charge in [0.1, 0.15) is 5.75 Å². The van der Waals surface area contributed by atoms with E-state index in [1.165, 1.54) is 28.0 Å². The molecule has 0 saturated heterocycles. The third kappa shape index (κ3) is 2.93. The van der Waals surface area contributed by atoms with Crippen LogP contribution in [0.3, 0.4) is 0 Å². The summed E-state index contributed by atoms with van der Waals surface area (Å²) in [5.74, 6) is -0.256. The molecule has 106 valence electrons. The lowest BCUT2D eigenvalue weighted by molar-refractivity contribution is 0.0940. The lowest BCUT2D eigenvalue weighted by atomic mass is 10.1. The largest absolute Gasteiger partial charge is 0.508 e. The zero-order valence-electron chi connectivity index (χ0n) is 11.7. The summed E-state index contributed by atoms with van der Waals surface area (Å²) >= 11 is 1.71. The number of carbonyl (C=O) groups is 1. The van der Waals surface area contributed by atoms with Crippen LogP contribution in [0.5, 0.6) is 5.75 Å². The van der Waals surface area contributed by atoms with Gasteiger partial charge in [-0.05, 0) is 50.6 Å². The Bertz CT molecular complexity index is 649. The van der Waals surface area contributed by atoms with Gasteiger partial charge in [0, 0.05) is 15.4 Å². The summed E-state index contributed by atoms with van der Waals surface area (Å²) in [7, 11) is 0. The lowest BCUT2D eigenvalue weighted by Gasteiger charge is -2.15. The topological polar surface area (TPSA) is 75.3 Å². The van der Waals surface area contributed by atoms with Crippen LogP contribution in [0.15, 0.2) is 24.3 Å². The summed E-state index contributed by atoms with van der Waals surface area (Å²) < 4.78 is 0. The van der Waals surface area contributed by atoms with Gasteiger partial charge in [-0.25, -0.2) is 0 Å². The highest BCUT2D eigenvalue weighted by atomic mass is 32.1. The van der Waals surface area contributed by atoms with E-state index >= 15 is 0 Å². The van der Waals surface area contributed by atoms with Crippen LogP contribution in [0.1, 0.15) is 38.6 Å². The number of thiophene rings is 1. The third-order valence-corrected chi connectivity index (χ3v) is 4.16. The Morgan fingerprint density at radius 2 is 2.05 bits per heavy atom. The summed E-state index contributed by atoms with van der Waals surface area (Å²) in [6.07, 6.45) is 0. The number of aryl methyl sites for hydroxylation is 2. The predicted molar refractivity (Wildman–Crippen MR) is 82.2 cm³/mol. The van der Waals surface area contributed by atoms with E-state index in [0.717, 1.165) is 5.56 Å². The molecule has 1 amide bonds. The van der Waals surface area contributed by atoms with E-state index in [4.69, 9.17) is 5.73 Å². The fraction of sp³-hybridized carbons (Fsp3) is 0.267. The maximum atomic E-state index is 12.2. The number of amides is 1. The number of phenols is 1. The van der Waals surface area contributed by atoms with Crippen molar-refractivity contribution < 1.29 is 9.90 Å². The molecular weight excluding hydrogens is 272 g/mol. The van der Waals surface area contributed by atoms with Crippen LogP contribution in [-0.2, 0) is 0 Å². The average Bonchev–Trinajstić information content (AvgIpc) is 2.71. The van der Waals surface area contributed by atoms with Crippen LogP contribution in [0.2, 0.25) is 0 Å². The minimum Gasteiger partial charge on any atom is -0.508 e. The zero-order chi connectivity index (χ0) is 14.9. The highest BCUT2D eigenvalue weighted by Gasteiger charge is 2.17. The highest BCUT2D eigenvalue weighted by Crippen LogP contribution is 2.27. The summed E-state index contributed by atoms with van der Waals surface area (Å²) in [6.45, 7) is 6.02. The van der Waals surface area contributed by atoms with Crippen molar-refractivity contribution in [1.82, 2.24) is 5.32 Å². The van der Waals surface area contributed by atoms with Crippen LogP contribution in [-0.4, -0.2) is 11.0 Å². The minimum atomic E-state index is -0.283. The molecule has 1 aromatic heterocycles. The van der Waals surface area contributed by atoms with Crippen molar-refractivity contribution in [2.24, 2.45) is 0 Å². The minimum absolute atomic E-state index is 0.0274. The molecule has 1 aromatic carbocycles. The molecule has 20 heavy (non-hydrogen) atoms. The number of benzene rings is 1. The summed E-state index contributed by atoms with van der Waals surface area (Å²) in [5, 5.41) is 12.4. The SMILES string of the molecule is Cc1cc(C(C)NC(=O)c2cc(O)ccc2N)c(C)s1. The molecule has 1 atom stereocenters. The Balaban J connectivity index is 2.19. The number of hydrogen-bond acceptors (Lipinski definition) is 4. The van der Waals surface area contributed by atoms with Gasteiger partial charge in [0.25, 0.3) is 5.91 Å². The van der Waals surface area contributed by atoms with E-state index in [2.05, 4.69) is 11.4 Å². The van der Waals surface area contributed by atoms with Gasteiger partial charge >= 0.3 is 0 Å². The molecule has 1 heterocycles. The van der Waals surface area contributed by atoms with Crippen molar-refractivity contribution in [3.05, 3.63) is 45.1 Å². The van der Waals surface area contributed by atoms with Gasteiger partial charge in [-0.3, -0.25) is 4.79 Å². The quantitative estimate of drug-likeness (QED) is 0.600. The van der Waals surface area contributed by atoms with Crippen LogP contribution >= 0.6 is 11.3 Å². The van der Waals surface area contributed by atoms with Gasteiger partial charge < -0.3 is 16.2 Å². The fourth-order valence-electron chi connectivity index (χ4n) is 2.17. The molecule has 4 nitrogen and oxygen atoms in total. The van der Waals surface area contributed by atoms with Gasteiger partial charge in [0.2, 0.25) is 0 Å². The number of nitrogens with two attached hydrogens (primary N) is 1. The molecular formula is C15H18N2O2S. The highest BCUT2D eigenvalue weighted by molar-refractivity contribution is 7.12. The Morgan fingerprint density at radius 1 is 1.35 bits per heavy atom. The van der Waals surface area contributed by atoms with Crippen LogP contribution in [0, 0.1) is 13.8 Å². The van der Waals surface area contributed by atoms with E-state index in [1.807, 2.05) is 20.8 Å². The van der Waals surface area contributed by atoms with Crippen molar-refractivity contribution in [1.29, 1.82) is 0 Å². The number of aromatic hydroxyl groups is 1. The smallest absolute Gasteiger partial charge is 0.253 e. The predicted octanol–water partition coefficient (Wildman–Crippen LogP) is 3.14. The molecule has 0 aliphatic heterocycles. The van der Waals surface area contributed by atoms with Crippen molar-refractivity contribution in [3.63, 3.8) is 0 Å². The molecule has 5 heteroatoms. The zero-order valence-corrected chi connectivity index (χ0v) is 12.5. The molecule has 0 saturated carbocycles. The number of nitrogen functional groups attached to an aromatic ring is 1. The lowest BCUT2D eigenvalue weighted by Crippen LogP contribution is -2.27. The van der Waals surface area contributed by atoms with Crippen molar-refractivity contribution in [2.75, 3.05) is 5.73 Å². The number of hydrogen-bond donors (Lipinski definition) is 3. The second-order valence-corrected chi connectivity index (χ2v) is 6.30. The van der Waals surface area contributed by atoms with Gasteiger partial charge in [-0.1, -0.05) is 0 Å². The van der Waals surface area contributed by atoms with Crippen LogP contribution in [0.25, 0.3) is 0 Å². The summed E-state index contributed by atoms with van der Waals surface area (Å²) in [6, 6.07) is 6.34. The van der Waals surface area contributed by atoms with E-state index in [-0.39, 0.29) is 17.7 Å². The Hall–Kier alpha value is -2.01. The second kappa shape index (κ2) is 5.54. The van der Waals surface area contributed by atoms with Gasteiger partial charge in [0.05, 0.1) is 11.6 Å². The Labute approximate surface area is 122 Å². The molecule has 0 radical (unpaired) electrons. The first-order valence-corrected chi connectivity index (χ1v) is 7.16. The van der Waals surface area contributed by atoms with Crippen molar-refractivity contribution in [2.45, 2.75) is 26.8 Å².